The first kappa shape index (κ1) is 20.5. The number of esters is 1. The van der Waals surface area contributed by atoms with Gasteiger partial charge in [0, 0.05) is 22.2 Å². The van der Waals surface area contributed by atoms with Crippen LogP contribution in [0.15, 0.2) is 28.7 Å². The van der Waals surface area contributed by atoms with Crippen molar-refractivity contribution in [1.82, 2.24) is 5.32 Å². The van der Waals surface area contributed by atoms with Crippen LogP contribution in [0.25, 0.3) is 6.08 Å². The van der Waals surface area contributed by atoms with E-state index in [1.807, 2.05) is 12.1 Å². The van der Waals surface area contributed by atoms with Gasteiger partial charge in [-0.3, -0.25) is 4.79 Å². The van der Waals surface area contributed by atoms with E-state index in [0.717, 1.165) is 22.9 Å². The molecule has 1 aliphatic carbocycles. The largest absolute Gasteiger partial charge is 0.496 e. The van der Waals surface area contributed by atoms with E-state index in [9.17, 15) is 9.59 Å². The summed E-state index contributed by atoms with van der Waals surface area (Å²) < 4.78 is 11.2. The Balaban J connectivity index is 1.83. The predicted octanol–water partition coefficient (Wildman–Crippen LogP) is 3.96. The van der Waals surface area contributed by atoms with Crippen molar-refractivity contribution < 1.29 is 19.1 Å². The minimum atomic E-state index is -0.563. The van der Waals surface area contributed by atoms with Gasteiger partial charge < -0.3 is 14.8 Å². The Hall–Kier alpha value is -1.82. The Morgan fingerprint density at radius 3 is 2.81 bits per heavy atom. The van der Waals surface area contributed by atoms with E-state index in [1.54, 1.807) is 19.3 Å². The smallest absolute Gasteiger partial charge is 0.331 e. The van der Waals surface area contributed by atoms with Gasteiger partial charge in [-0.15, -0.1) is 0 Å². The highest BCUT2D eigenvalue weighted by atomic mass is 79.9. The van der Waals surface area contributed by atoms with Gasteiger partial charge in [0.2, 0.25) is 0 Å². The summed E-state index contributed by atoms with van der Waals surface area (Å²) >= 11 is 3.38. The van der Waals surface area contributed by atoms with E-state index in [-0.39, 0.29) is 18.6 Å². The molecule has 0 spiro atoms. The Morgan fingerprint density at radius 2 is 2.08 bits per heavy atom. The van der Waals surface area contributed by atoms with Gasteiger partial charge in [0.1, 0.15) is 5.75 Å². The molecule has 5 nitrogen and oxygen atoms in total. The Bertz CT molecular complexity index is 674. The molecule has 1 N–H and O–H groups in total. The lowest BCUT2D eigenvalue weighted by molar-refractivity contribution is -0.144. The quantitative estimate of drug-likeness (QED) is 0.555. The highest BCUT2D eigenvalue weighted by molar-refractivity contribution is 9.10. The standard InChI is InChI=1S/C20H26BrNO4/c1-13-5-4-6-17(14(13)2)22-19(23)12-26-20(24)10-7-15-11-16(21)8-9-18(15)25-3/h7-11,13-14,17H,4-6,12H2,1-3H3,(H,22,23)/b10-7+/t13-,14+,17-/m0/s1. The second-order valence-electron chi connectivity index (χ2n) is 6.77. The van der Waals surface area contributed by atoms with Crippen molar-refractivity contribution in [2.24, 2.45) is 11.8 Å². The third kappa shape index (κ3) is 5.87. The molecule has 0 bridgehead atoms. The van der Waals surface area contributed by atoms with Crippen LogP contribution in [0.5, 0.6) is 5.75 Å². The van der Waals surface area contributed by atoms with Gasteiger partial charge in [-0.1, -0.05) is 42.6 Å². The molecule has 1 aromatic carbocycles. The zero-order valence-electron chi connectivity index (χ0n) is 15.5. The number of hydrogen-bond donors (Lipinski definition) is 1. The topological polar surface area (TPSA) is 64.6 Å². The van der Waals surface area contributed by atoms with Crippen molar-refractivity contribution in [1.29, 1.82) is 0 Å². The van der Waals surface area contributed by atoms with E-state index in [2.05, 4.69) is 35.1 Å². The number of halogens is 1. The molecule has 1 amide bonds. The Labute approximate surface area is 163 Å². The fourth-order valence-corrected chi connectivity index (χ4v) is 3.59. The number of rotatable bonds is 6. The van der Waals surface area contributed by atoms with Crippen LogP contribution >= 0.6 is 15.9 Å². The summed E-state index contributed by atoms with van der Waals surface area (Å²) in [4.78, 5) is 23.9. The van der Waals surface area contributed by atoms with Crippen molar-refractivity contribution in [3.63, 3.8) is 0 Å². The molecule has 0 heterocycles. The molecule has 1 aliphatic rings. The summed E-state index contributed by atoms with van der Waals surface area (Å²) in [5.74, 6) is 0.868. The van der Waals surface area contributed by atoms with Gasteiger partial charge in [0.05, 0.1) is 7.11 Å². The third-order valence-corrected chi connectivity index (χ3v) is 5.48. The zero-order chi connectivity index (χ0) is 19.1. The molecule has 0 saturated heterocycles. The monoisotopic (exact) mass is 423 g/mol. The molecule has 0 unspecified atom stereocenters. The fraction of sp³-hybridized carbons (Fsp3) is 0.500. The van der Waals surface area contributed by atoms with Crippen LogP contribution in [0.1, 0.15) is 38.7 Å². The highest BCUT2D eigenvalue weighted by Gasteiger charge is 2.28. The molecule has 1 fully saturated rings. The second-order valence-corrected chi connectivity index (χ2v) is 7.68. The number of nitrogens with one attached hydrogen (secondary N) is 1. The number of amides is 1. The maximum absolute atomic E-state index is 12.0. The van der Waals surface area contributed by atoms with Crippen LogP contribution in [-0.2, 0) is 14.3 Å². The van der Waals surface area contributed by atoms with E-state index < -0.39 is 5.97 Å². The SMILES string of the molecule is COc1ccc(Br)cc1/C=C/C(=O)OCC(=O)N[C@H]1CCC[C@H](C)[C@H]1C. The van der Waals surface area contributed by atoms with Crippen LogP contribution in [0.3, 0.4) is 0 Å². The van der Waals surface area contributed by atoms with E-state index in [4.69, 9.17) is 9.47 Å². The van der Waals surface area contributed by atoms with Gasteiger partial charge in [-0.05, 0) is 42.5 Å². The van der Waals surface area contributed by atoms with Crippen LogP contribution in [-0.4, -0.2) is 31.6 Å². The van der Waals surface area contributed by atoms with Gasteiger partial charge >= 0.3 is 5.97 Å². The molecule has 3 atom stereocenters. The summed E-state index contributed by atoms with van der Waals surface area (Å²) in [5, 5.41) is 2.99. The summed E-state index contributed by atoms with van der Waals surface area (Å²) in [5.41, 5.74) is 0.744. The van der Waals surface area contributed by atoms with Crippen LogP contribution in [0.2, 0.25) is 0 Å². The fourth-order valence-electron chi connectivity index (χ4n) is 3.21. The molecular formula is C20H26BrNO4. The summed E-state index contributed by atoms with van der Waals surface area (Å²) in [6, 6.07) is 5.65. The van der Waals surface area contributed by atoms with Gasteiger partial charge in [0.15, 0.2) is 6.61 Å². The van der Waals surface area contributed by atoms with Crippen LogP contribution < -0.4 is 10.1 Å². The van der Waals surface area contributed by atoms with Gasteiger partial charge in [0.25, 0.3) is 5.91 Å². The number of carbonyl (C=O) groups excluding carboxylic acids is 2. The average molecular weight is 424 g/mol. The molecule has 26 heavy (non-hydrogen) atoms. The van der Waals surface area contributed by atoms with Crippen molar-refractivity contribution >= 4 is 33.9 Å². The normalized spacial score (nSPS) is 22.8. The van der Waals surface area contributed by atoms with Crippen molar-refractivity contribution in [3.8, 4) is 5.75 Å². The lowest BCUT2D eigenvalue weighted by Gasteiger charge is -2.34. The van der Waals surface area contributed by atoms with E-state index in [1.165, 1.54) is 12.5 Å². The van der Waals surface area contributed by atoms with Gasteiger partial charge in [-0.25, -0.2) is 4.79 Å². The lowest BCUT2D eigenvalue weighted by atomic mass is 9.78. The highest BCUT2D eigenvalue weighted by Crippen LogP contribution is 2.29. The third-order valence-electron chi connectivity index (χ3n) is 4.99. The Morgan fingerprint density at radius 1 is 1.31 bits per heavy atom. The second kappa shape index (κ2) is 9.76. The summed E-state index contributed by atoms with van der Waals surface area (Å²) in [6.45, 7) is 4.11. The van der Waals surface area contributed by atoms with Crippen LogP contribution in [0.4, 0.5) is 0 Å². The van der Waals surface area contributed by atoms with Crippen molar-refractivity contribution in [2.75, 3.05) is 13.7 Å². The van der Waals surface area contributed by atoms with Gasteiger partial charge in [-0.2, -0.15) is 0 Å². The molecular weight excluding hydrogens is 398 g/mol. The zero-order valence-corrected chi connectivity index (χ0v) is 17.0. The van der Waals surface area contributed by atoms with Crippen molar-refractivity contribution in [2.45, 2.75) is 39.2 Å². The molecule has 0 aromatic heterocycles. The Kier molecular flexibility index (Phi) is 7.69. The maximum atomic E-state index is 12.0. The minimum Gasteiger partial charge on any atom is -0.496 e. The molecule has 0 radical (unpaired) electrons. The number of benzene rings is 1. The van der Waals surface area contributed by atoms with Crippen LogP contribution in [0, 0.1) is 11.8 Å². The number of carbonyl (C=O) groups is 2. The molecule has 1 saturated carbocycles. The first-order chi connectivity index (χ1) is 12.4. The molecule has 1 aromatic rings. The number of hydrogen-bond acceptors (Lipinski definition) is 4. The maximum Gasteiger partial charge on any atom is 0.331 e. The first-order valence-corrected chi connectivity index (χ1v) is 9.67. The molecule has 0 aliphatic heterocycles. The number of methoxy groups -OCH3 is 1. The molecule has 2 rings (SSSR count). The lowest BCUT2D eigenvalue weighted by Crippen LogP contribution is -2.45. The average Bonchev–Trinajstić information content (AvgIpc) is 2.62. The molecule has 142 valence electrons. The minimum absolute atomic E-state index is 0.159. The first-order valence-electron chi connectivity index (χ1n) is 8.88. The van der Waals surface area contributed by atoms with E-state index in [0.29, 0.717) is 17.6 Å². The summed E-state index contributed by atoms with van der Waals surface area (Å²) in [7, 11) is 1.57. The summed E-state index contributed by atoms with van der Waals surface area (Å²) in [6.07, 6.45) is 6.20. The molecule has 6 heteroatoms. The van der Waals surface area contributed by atoms with E-state index >= 15 is 0 Å². The van der Waals surface area contributed by atoms with Crippen molar-refractivity contribution in [3.05, 3.63) is 34.3 Å². The predicted molar refractivity (Wildman–Crippen MR) is 105 cm³/mol. The number of ether oxygens (including phenoxy) is 2.